The lowest BCUT2D eigenvalue weighted by molar-refractivity contribution is 0.102. The first-order valence-electron chi connectivity index (χ1n) is 9.42. The summed E-state index contributed by atoms with van der Waals surface area (Å²) in [6.45, 7) is 12.9. The number of rotatable bonds is 3. The summed E-state index contributed by atoms with van der Waals surface area (Å²) >= 11 is 3.64. The van der Waals surface area contributed by atoms with Crippen LogP contribution in [-0.2, 0) is 0 Å². The fourth-order valence-corrected chi connectivity index (χ4v) is 3.92. The number of hydrogen-bond acceptors (Lipinski definition) is 3. The van der Waals surface area contributed by atoms with Gasteiger partial charge in [0.2, 0.25) is 0 Å². The van der Waals surface area contributed by atoms with Crippen molar-refractivity contribution in [1.29, 1.82) is 0 Å². The quantitative estimate of drug-likeness (QED) is 0.750. The van der Waals surface area contributed by atoms with Crippen LogP contribution in [0.15, 0.2) is 46.9 Å². The number of halogens is 1. The van der Waals surface area contributed by atoms with Gasteiger partial charge in [0.1, 0.15) is 0 Å². The van der Waals surface area contributed by atoms with Crippen LogP contribution in [0.3, 0.4) is 0 Å². The second-order valence-electron chi connectivity index (χ2n) is 8.07. The number of amides is 1. The second-order valence-corrected chi connectivity index (χ2v) is 8.92. The molecule has 5 heteroatoms. The molecular weight excluding hydrogens is 402 g/mol. The lowest BCUT2D eigenvalue weighted by Crippen LogP contribution is -2.53. The van der Waals surface area contributed by atoms with Gasteiger partial charge in [0.25, 0.3) is 5.91 Å². The third-order valence-corrected chi connectivity index (χ3v) is 6.00. The molecule has 4 nitrogen and oxygen atoms in total. The summed E-state index contributed by atoms with van der Waals surface area (Å²) in [5.74, 6) is -0.0866. The molecule has 0 radical (unpaired) electrons. The largest absolute Gasteiger partial charge is 0.369 e. The fraction of sp³-hybridized carbons (Fsp3) is 0.409. The van der Waals surface area contributed by atoms with E-state index >= 15 is 0 Å². The Morgan fingerprint density at radius 3 is 2.26 bits per heavy atom. The van der Waals surface area contributed by atoms with Crippen LogP contribution in [0.25, 0.3) is 0 Å². The maximum Gasteiger partial charge on any atom is 0.255 e. The number of carbonyl (C=O) groups is 1. The number of benzene rings is 2. The van der Waals surface area contributed by atoms with Crippen LogP contribution in [0.2, 0.25) is 0 Å². The van der Waals surface area contributed by atoms with Crippen molar-refractivity contribution in [2.24, 2.45) is 0 Å². The van der Waals surface area contributed by atoms with Crippen LogP contribution in [0.4, 0.5) is 11.4 Å². The van der Waals surface area contributed by atoms with E-state index in [1.807, 2.05) is 42.5 Å². The Labute approximate surface area is 170 Å². The van der Waals surface area contributed by atoms with E-state index in [4.69, 9.17) is 0 Å². The predicted molar refractivity (Wildman–Crippen MR) is 117 cm³/mol. The van der Waals surface area contributed by atoms with E-state index in [0.717, 1.165) is 42.0 Å². The van der Waals surface area contributed by atoms with E-state index in [2.05, 4.69) is 58.7 Å². The third-order valence-electron chi connectivity index (χ3n) is 5.18. The number of nitrogens with zero attached hydrogens (tertiary/aromatic N) is 2. The summed E-state index contributed by atoms with van der Waals surface area (Å²) in [6, 6.07) is 13.5. The van der Waals surface area contributed by atoms with E-state index in [-0.39, 0.29) is 11.4 Å². The van der Waals surface area contributed by atoms with Gasteiger partial charge in [-0.25, -0.2) is 0 Å². The van der Waals surface area contributed by atoms with E-state index in [0.29, 0.717) is 5.56 Å². The molecule has 0 aromatic heterocycles. The Bertz CT molecular complexity index is 806. The van der Waals surface area contributed by atoms with Gasteiger partial charge in [-0.3, -0.25) is 9.69 Å². The van der Waals surface area contributed by atoms with Crippen molar-refractivity contribution in [3.05, 3.63) is 58.1 Å². The van der Waals surface area contributed by atoms with Crippen molar-refractivity contribution in [3.63, 3.8) is 0 Å². The van der Waals surface area contributed by atoms with Crippen molar-refractivity contribution >= 4 is 33.2 Å². The summed E-state index contributed by atoms with van der Waals surface area (Å²) < 4.78 is 0.969. The van der Waals surface area contributed by atoms with Gasteiger partial charge in [-0.1, -0.05) is 34.1 Å². The molecule has 27 heavy (non-hydrogen) atoms. The van der Waals surface area contributed by atoms with Crippen LogP contribution in [0.5, 0.6) is 0 Å². The number of piperazine rings is 1. The maximum atomic E-state index is 12.7. The minimum Gasteiger partial charge on any atom is -0.369 e. The third kappa shape index (κ3) is 4.71. The molecule has 2 aromatic carbocycles. The standard InChI is InChI=1S/C22H28BrN3O/c1-16-19(23)14-17(21(27)24-18-8-6-5-7-9-18)15-20(16)25-10-12-26(13-11-25)22(2,3)4/h5-9,14-15H,10-13H2,1-4H3,(H,24,27). The average molecular weight is 430 g/mol. The number of para-hydroxylation sites is 1. The van der Waals surface area contributed by atoms with E-state index in [1.54, 1.807) is 0 Å². The molecule has 1 heterocycles. The van der Waals surface area contributed by atoms with Crippen LogP contribution >= 0.6 is 15.9 Å². The molecule has 0 unspecified atom stereocenters. The fourth-order valence-electron chi connectivity index (χ4n) is 3.47. The molecule has 144 valence electrons. The van der Waals surface area contributed by atoms with Gasteiger partial charge in [-0.2, -0.15) is 0 Å². The second kappa shape index (κ2) is 8.03. The molecule has 2 aromatic rings. The molecule has 3 rings (SSSR count). The highest BCUT2D eigenvalue weighted by Gasteiger charge is 2.27. The normalized spacial score (nSPS) is 15.7. The minimum atomic E-state index is -0.0866. The van der Waals surface area contributed by atoms with Crippen molar-refractivity contribution < 1.29 is 4.79 Å². The lowest BCUT2D eigenvalue weighted by Gasteiger charge is -2.43. The van der Waals surface area contributed by atoms with Crippen LogP contribution < -0.4 is 10.2 Å². The van der Waals surface area contributed by atoms with Crippen LogP contribution in [-0.4, -0.2) is 42.5 Å². The molecule has 0 atom stereocenters. The molecule has 0 saturated carbocycles. The summed E-state index contributed by atoms with van der Waals surface area (Å²) in [7, 11) is 0. The van der Waals surface area contributed by atoms with Gasteiger partial charge in [-0.05, 0) is 57.5 Å². The number of anilines is 2. The van der Waals surface area contributed by atoms with E-state index in [9.17, 15) is 4.79 Å². The van der Waals surface area contributed by atoms with Gasteiger partial charge in [-0.15, -0.1) is 0 Å². The van der Waals surface area contributed by atoms with Crippen LogP contribution in [0.1, 0.15) is 36.7 Å². The van der Waals surface area contributed by atoms with Gasteiger partial charge < -0.3 is 10.2 Å². The monoisotopic (exact) mass is 429 g/mol. The first-order chi connectivity index (χ1) is 12.8. The molecule has 1 amide bonds. The molecule has 0 aliphatic carbocycles. The Morgan fingerprint density at radius 2 is 1.67 bits per heavy atom. The summed E-state index contributed by atoms with van der Waals surface area (Å²) in [5.41, 5.74) is 3.98. The molecular formula is C22H28BrN3O. The van der Waals surface area contributed by atoms with Crippen molar-refractivity contribution in [1.82, 2.24) is 4.90 Å². The van der Waals surface area contributed by atoms with Gasteiger partial charge in [0.05, 0.1) is 0 Å². The first-order valence-corrected chi connectivity index (χ1v) is 10.2. The molecule has 0 bridgehead atoms. The van der Waals surface area contributed by atoms with Crippen LogP contribution in [0, 0.1) is 6.92 Å². The lowest BCUT2D eigenvalue weighted by atomic mass is 10.0. The molecule has 1 N–H and O–H groups in total. The first kappa shape index (κ1) is 19.9. The number of carbonyl (C=O) groups excluding carboxylic acids is 1. The molecule has 0 spiro atoms. The molecule has 1 aliphatic heterocycles. The summed E-state index contributed by atoms with van der Waals surface area (Å²) in [4.78, 5) is 17.6. The number of hydrogen-bond donors (Lipinski definition) is 1. The maximum absolute atomic E-state index is 12.7. The smallest absolute Gasteiger partial charge is 0.255 e. The topological polar surface area (TPSA) is 35.6 Å². The average Bonchev–Trinajstić information content (AvgIpc) is 2.64. The summed E-state index contributed by atoms with van der Waals surface area (Å²) in [5, 5.41) is 2.98. The van der Waals surface area contributed by atoms with E-state index < -0.39 is 0 Å². The van der Waals surface area contributed by atoms with Crippen molar-refractivity contribution in [2.45, 2.75) is 33.2 Å². The highest BCUT2D eigenvalue weighted by molar-refractivity contribution is 9.10. The summed E-state index contributed by atoms with van der Waals surface area (Å²) in [6.07, 6.45) is 0. The highest BCUT2D eigenvalue weighted by atomic mass is 79.9. The highest BCUT2D eigenvalue weighted by Crippen LogP contribution is 2.31. The Morgan fingerprint density at radius 1 is 1.04 bits per heavy atom. The van der Waals surface area contributed by atoms with Gasteiger partial charge >= 0.3 is 0 Å². The van der Waals surface area contributed by atoms with E-state index in [1.165, 1.54) is 5.56 Å². The van der Waals surface area contributed by atoms with Gasteiger partial charge in [0, 0.05) is 53.1 Å². The Balaban J connectivity index is 1.80. The molecule has 1 saturated heterocycles. The number of nitrogens with one attached hydrogen (secondary N) is 1. The zero-order chi connectivity index (χ0) is 19.6. The zero-order valence-corrected chi connectivity index (χ0v) is 18.1. The predicted octanol–water partition coefficient (Wildman–Crippen LogP) is 4.93. The molecule has 1 fully saturated rings. The Hall–Kier alpha value is -1.85. The molecule has 1 aliphatic rings. The van der Waals surface area contributed by atoms with Gasteiger partial charge in [0.15, 0.2) is 0 Å². The minimum absolute atomic E-state index is 0.0866. The Kier molecular flexibility index (Phi) is 5.92. The van der Waals surface area contributed by atoms with Crippen molar-refractivity contribution in [3.8, 4) is 0 Å². The zero-order valence-electron chi connectivity index (χ0n) is 16.6. The van der Waals surface area contributed by atoms with Crippen molar-refractivity contribution in [2.75, 3.05) is 36.4 Å². The SMILES string of the molecule is Cc1c(Br)cc(C(=O)Nc2ccccc2)cc1N1CCN(C(C)(C)C)CC1.